The maximum Gasteiger partial charge on any atom is -0.00256 e. The lowest BCUT2D eigenvalue weighted by Crippen LogP contribution is -2.12. The summed E-state index contributed by atoms with van der Waals surface area (Å²) in [5.74, 6) is 0. The predicted octanol–water partition coefficient (Wildman–Crippen LogP) is 5.87. The van der Waals surface area contributed by atoms with Crippen molar-refractivity contribution in [1.29, 1.82) is 0 Å². The van der Waals surface area contributed by atoms with E-state index in [1.165, 1.54) is 22.3 Å². The number of benzene rings is 2. The summed E-state index contributed by atoms with van der Waals surface area (Å²) >= 11 is 0. The van der Waals surface area contributed by atoms with Gasteiger partial charge >= 0.3 is 0 Å². The maximum atomic E-state index is 2.35. The SMILES string of the molecule is CC(C)(C)c1cccc(Cc2cccc(C(C)(C)C)c2)c1. The van der Waals surface area contributed by atoms with Crippen LogP contribution in [0.2, 0.25) is 0 Å². The lowest BCUT2D eigenvalue weighted by molar-refractivity contribution is 0.589. The average Bonchev–Trinajstić information content (AvgIpc) is 2.37. The Morgan fingerprint density at radius 2 is 1.00 bits per heavy atom. The number of hydrogen-bond acceptors (Lipinski definition) is 0. The molecule has 21 heavy (non-hydrogen) atoms. The third-order valence-electron chi connectivity index (χ3n) is 3.99. The van der Waals surface area contributed by atoms with E-state index in [2.05, 4.69) is 90.1 Å². The fraction of sp³-hybridized carbons (Fsp3) is 0.429. The molecule has 0 heteroatoms. The molecule has 0 unspecified atom stereocenters. The van der Waals surface area contributed by atoms with E-state index in [1.807, 2.05) is 0 Å². The summed E-state index contributed by atoms with van der Waals surface area (Å²) in [5.41, 5.74) is 6.04. The quantitative estimate of drug-likeness (QED) is 0.645. The standard InChI is InChI=1S/C21H28/c1-20(2,3)18-11-7-9-16(14-18)13-17-10-8-12-19(15-17)21(4,5)6/h7-12,14-15H,13H2,1-6H3. The largest absolute Gasteiger partial charge is 0.0617 e. The fourth-order valence-electron chi connectivity index (χ4n) is 2.53. The maximum absolute atomic E-state index is 2.35. The summed E-state index contributed by atoms with van der Waals surface area (Å²) in [6, 6.07) is 18.0. The Bertz CT molecular complexity index is 551. The first-order valence-electron chi connectivity index (χ1n) is 7.85. The summed E-state index contributed by atoms with van der Waals surface area (Å²) in [5, 5.41) is 0. The van der Waals surface area contributed by atoms with Crippen LogP contribution < -0.4 is 0 Å². The summed E-state index contributed by atoms with van der Waals surface area (Å²) in [7, 11) is 0. The van der Waals surface area contributed by atoms with Crippen molar-refractivity contribution >= 4 is 0 Å². The van der Waals surface area contributed by atoms with Crippen LogP contribution in [0.4, 0.5) is 0 Å². The minimum absolute atomic E-state index is 0.212. The van der Waals surface area contributed by atoms with Crippen LogP contribution in [0.3, 0.4) is 0 Å². The van der Waals surface area contributed by atoms with Gasteiger partial charge in [0.1, 0.15) is 0 Å². The highest BCUT2D eigenvalue weighted by molar-refractivity contribution is 5.35. The van der Waals surface area contributed by atoms with Gasteiger partial charge in [-0.05, 0) is 39.5 Å². The average molecular weight is 280 g/mol. The molecule has 0 radical (unpaired) electrons. The molecule has 2 rings (SSSR count). The second-order valence-electron chi connectivity index (χ2n) is 8.08. The third kappa shape index (κ3) is 4.20. The molecular weight excluding hydrogens is 252 g/mol. The lowest BCUT2D eigenvalue weighted by Gasteiger charge is -2.21. The van der Waals surface area contributed by atoms with E-state index in [9.17, 15) is 0 Å². The van der Waals surface area contributed by atoms with E-state index in [4.69, 9.17) is 0 Å². The molecule has 0 bridgehead atoms. The van der Waals surface area contributed by atoms with Gasteiger partial charge in [-0.3, -0.25) is 0 Å². The summed E-state index contributed by atoms with van der Waals surface area (Å²) in [6.45, 7) is 13.6. The van der Waals surface area contributed by atoms with Crippen LogP contribution in [0.25, 0.3) is 0 Å². The highest BCUT2D eigenvalue weighted by atomic mass is 14.2. The van der Waals surface area contributed by atoms with Gasteiger partial charge in [0.2, 0.25) is 0 Å². The van der Waals surface area contributed by atoms with Gasteiger partial charge in [-0.2, -0.15) is 0 Å². The zero-order valence-electron chi connectivity index (χ0n) is 14.3. The second kappa shape index (κ2) is 5.67. The van der Waals surface area contributed by atoms with Crippen molar-refractivity contribution in [2.75, 3.05) is 0 Å². The van der Waals surface area contributed by atoms with E-state index >= 15 is 0 Å². The van der Waals surface area contributed by atoms with Crippen molar-refractivity contribution in [1.82, 2.24) is 0 Å². The van der Waals surface area contributed by atoms with Crippen molar-refractivity contribution in [3.05, 3.63) is 70.8 Å². The lowest BCUT2D eigenvalue weighted by atomic mass is 9.84. The molecule has 0 saturated heterocycles. The normalized spacial score (nSPS) is 12.5. The molecule has 0 atom stereocenters. The number of rotatable bonds is 2. The Labute approximate surface area is 130 Å². The van der Waals surface area contributed by atoms with Crippen LogP contribution in [-0.2, 0) is 17.3 Å². The molecule has 0 aliphatic carbocycles. The van der Waals surface area contributed by atoms with E-state index in [0.717, 1.165) is 6.42 Å². The third-order valence-corrected chi connectivity index (χ3v) is 3.99. The van der Waals surface area contributed by atoms with Crippen molar-refractivity contribution in [2.45, 2.75) is 58.8 Å². The molecule has 0 heterocycles. The molecule has 0 aliphatic rings. The van der Waals surface area contributed by atoms with Gasteiger partial charge in [0.05, 0.1) is 0 Å². The zero-order valence-corrected chi connectivity index (χ0v) is 14.3. The Balaban J connectivity index is 2.27. The molecule has 0 nitrogen and oxygen atoms in total. The van der Waals surface area contributed by atoms with Gasteiger partial charge in [-0.1, -0.05) is 90.1 Å². The predicted molar refractivity (Wildman–Crippen MR) is 93.1 cm³/mol. The Morgan fingerprint density at radius 1 is 0.619 bits per heavy atom. The minimum atomic E-state index is 0.212. The van der Waals surface area contributed by atoms with Crippen LogP contribution in [0.1, 0.15) is 63.8 Å². The zero-order chi connectivity index (χ0) is 15.7. The first-order valence-corrected chi connectivity index (χ1v) is 7.85. The van der Waals surface area contributed by atoms with Crippen molar-refractivity contribution < 1.29 is 0 Å². The van der Waals surface area contributed by atoms with Crippen LogP contribution >= 0.6 is 0 Å². The molecule has 0 N–H and O–H groups in total. The molecule has 0 spiro atoms. The van der Waals surface area contributed by atoms with E-state index in [0.29, 0.717) is 0 Å². The molecule has 2 aromatic rings. The van der Waals surface area contributed by atoms with Crippen LogP contribution in [0, 0.1) is 0 Å². The van der Waals surface area contributed by atoms with Gasteiger partial charge in [0.15, 0.2) is 0 Å². The second-order valence-corrected chi connectivity index (χ2v) is 8.08. The van der Waals surface area contributed by atoms with E-state index in [1.54, 1.807) is 0 Å². The summed E-state index contributed by atoms with van der Waals surface area (Å²) in [4.78, 5) is 0. The monoisotopic (exact) mass is 280 g/mol. The van der Waals surface area contributed by atoms with Crippen LogP contribution in [-0.4, -0.2) is 0 Å². The fourth-order valence-corrected chi connectivity index (χ4v) is 2.53. The number of hydrogen-bond donors (Lipinski definition) is 0. The molecule has 2 aromatic carbocycles. The molecule has 0 amide bonds. The van der Waals surface area contributed by atoms with Gasteiger partial charge < -0.3 is 0 Å². The topological polar surface area (TPSA) is 0 Å². The minimum Gasteiger partial charge on any atom is -0.0617 e. The van der Waals surface area contributed by atoms with Crippen molar-refractivity contribution in [2.24, 2.45) is 0 Å². The molecule has 0 aliphatic heterocycles. The van der Waals surface area contributed by atoms with Gasteiger partial charge in [-0.15, -0.1) is 0 Å². The van der Waals surface area contributed by atoms with Gasteiger partial charge in [-0.25, -0.2) is 0 Å². The molecular formula is C21H28. The highest BCUT2D eigenvalue weighted by Gasteiger charge is 2.15. The van der Waals surface area contributed by atoms with Crippen LogP contribution in [0.15, 0.2) is 48.5 Å². The Hall–Kier alpha value is -1.56. The Kier molecular flexibility index (Phi) is 4.27. The summed E-state index contributed by atoms with van der Waals surface area (Å²) < 4.78 is 0. The van der Waals surface area contributed by atoms with Crippen molar-refractivity contribution in [3.8, 4) is 0 Å². The van der Waals surface area contributed by atoms with E-state index in [-0.39, 0.29) is 10.8 Å². The molecule has 0 aromatic heterocycles. The highest BCUT2D eigenvalue weighted by Crippen LogP contribution is 2.26. The van der Waals surface area contributed by atoms with Gasteiger partial charge in [0, 0.05) is 0 Å². The summed E-state index contributed by atoms with van der Waals surface area (Å²) in [6.07, 6.45) is 1.01. The molecule has 112 valence electrons. The molecule has 0 fully saturated rings. The first kappa shape index (κ1) is 15.8. The Morgan fingerprint density at radius 3 is 1.33 bits per heavy atom. The van der Waals surface area contributed by atoms with Crippen LogP contribution in [0.5, 0.6) is 0 Å². The smallest absolute Gasteiger partial charge is 0.00256 e. The molecule has 0 saturated carbocycles. The first-order chi connectivity index (χ1) is 9.66. The van der Waals surface area contributed by atoms with Gasteiger partial charge in [0.25, 0.3) is 0 Å². The van der Waals surface area contributed by atoms with Crippen molar-refractivity contribution in [3.63, 3.8) is 0 Å². The van der Waals surface area contributed by atoms with E-state index < -0.39 is 0 Å².